The van der Waals surface area contributed by atoms with Gasteiger partial charge in [-0.3, -0.25) is 4.90 Å². The van der Waals surface area contributed by atoms with Crippen molar-refractivity contribution in [2.24, 2.45) is 0 Å². The van der Waals surface area contributed by atoms with Gasteiger partial charge in [-0.1, -0.05) is 6.07 Å². The molecule has 5 heteroatoms. The fourth-order valence-electron chi connectivity index (χ4n) is 2.87. The number of pyridine rings is 1. The first-order valence-electron chi connectivity index (χ1n) is 8.43. The highest BCUT2D eigenvalue weighted by Crippen LogP contribution is 2.25. The third-order valence-electron chi connectivity index (χ3n) is 4.36. The molecule has 0 amide bonds. The molecule has 0 unspecified atom stereocenters. The summed E-state index contributed by atoms with van der Waals surface area (Å²) in [6, 6.07) is 14.7. The average molecular weight is 343 g/mol. The zero-order chi connectivity index (χ0) is 16.9. The lowest BCUT2D eigenvalue weighted by Gasteiger charge is -2.37. The van der Waals surface area contributed by atoms with Crippen LogP contribution in [0.3, 0.4) is 0 Å². The molecule has 128 valence electrons. The van der Waals surface area contributed by atoms with Crippen LogP contribution in [0.2, 0.25) is 0 Å². The van der Waals surface area contributed by atoms with Crippen LogP contribution in [0.1, 0.15) is 13.8 Å². The summed E-state index contributed by atoms with van der Waals surface area (Å²) in [5.74, 6) is 2.47. The molecular formula is C19H25N3OS. The number of nitrogens with zero attached hydrogens (tertiary/aromatic N) is 3. The minimum absolute atomic E-state index is 0.610. The van der Waals surface area contributed by atoms with Crippen LogP contribution in [0.15, 0.2) is 47.4 Å². The minimum atomic E-state index is 0.610. The van der Waals surface area contributed by atoms with Gasteiger partial charge in [-0.05, 0) is 50.4 Å². The summed E-state index contributed by atoms with van der Waals surface area (Å²) in [5, 5.41) is 0. The van der Waals surface area contributed by atoms with Gasteiger partial charge in [-0.2, -0.15) is 4.98 Å². The highest BCUT2D eigenvalue weighted by atomic mass is 32.2. The molecule has 0 spiro atoms. The minimum Gasteiger partial charge on any atom is -0.439 e. The number of hydrogen-bond acceptors (Lipinski definition) is 5. The van der Waals surface area contributed by atoms with Crippen molar-refractivity contribution >= 4 is 17.6 Å². The van der Waals surface area contributed by atoms with E-state index in [1.54, 1.807) is 11.8 Å². The molecule has 1 aromatic carbocycles. The van der Waals surface area contributed by atoms with E-state index in [1.807, 2.05) is 24.3 Å². The lowest BCUT2D eigenvalue weighted by Crippen LogP contribution is -2.49. The number of piperazine rings is 1. The number of benzene rings is 1. The third-order valence-corrected chi connectivity index (χ3v) is 5.10. The molecule has 0 atom stereocenters. The van der Waals surface area contributed by atoms with E-state index in [0.29, 0.717) is 11.9 Å². The smallest absolute Gasteiger partial charge is 0.221 e. The standard InChI is InChI=1S/C19H25N3OS/c1-15(2)21-11-13-22(14-12-21)18-5-4-6-19(20-18)23-16-7-9-17(24-3)10-8-16/h4-10,15H,11-14H2,1-3H3. The summed E-state index contributed by atoms with van der Waals surface area (Å²) < 4.78 is 5.91. The first-order chi connectivity index (χ1) is 11.7. The molecule has 0 N–H and O–H groups in total. The normalized spacial score (nSPS) is 15.8. The largest absolute Gasteiger partial charge is 0.439 e. The molecule has 1 fully saturated rings. The maximum atomic E-state index is 5.91. The van der Waals surface area contributed by atoms with Crippen molar-refractivity contribution in [2.45, 2.75) is 24.8 Å². The van der Waals surface area contributed by atoms with Crippen molar-refractivity contribution in [1.82, 2.24) is 9.88 Å². The Morgan fingerprint density at radius 1 is 1.00 bits per heavy atom. The molecular weight excluding hydrogens is 318 g/mol. The molecule has 3 rings (SSSR count). The van der Waals surface area contributed by atoms with E-state index in [4.69, 9.17) is 4.74 Å². The fraction of sp³-hybridized carbons (Fsp3) is 0.421. The van der Waals surface area contributed by atoms with Crippen LogP contribution < -0.4 is 9.64 Å². The number of thioether (sulfide) groups is 1. The maximum absolute atomic E-state index is 5.91. The van der Waals surface area contributed by atoms with Crippen LogP contribution in [0, 0.1) is 0 Å². The van der Waals surface area contributed by atoms with Crippen LogP contribution in [-0.4, -0.2) is 48.4 Å². The van der Waals surface area contributed by atoms with Gasteiger partial charge in [0.2, 0.25) is 5.88 Å². The first kappa shape index (κ1) is 17.1. The Hall–Kier alpha value is -1.72. The van der Waals surface area contributed by atoms with Crippen molar-refractivity contribution in [3.8, 4) is 11.6 Å². The topological polar surface area (TPSA) is 28.6 Å². The Bertz CT molecular complexity index is 652. The summed E-state index contributed by atoms with van der Waals surface area (Å²) in [6.07, 6.45) is 2.07. The Labute approximate surface area is 148 Å². The van der Waals surface area contributed by atoms with Crippen molar-refractivity contribution < 1.29 is 4.74 Å². The van der Waals surface area contributed by atoms with Gasteiger partial charge in [0.05, 0.1) is 0 Å². The van der Waals surface area contributed by atoms with E-state index < -0.39 is 0 Å². The molecule has 2 heterocycles. The van der Waals surface area contributed by atoms with Crippen molar-refractivity contribution in [2.75, 3.05) is 37.3 Å². The highest BCUT2D eigenvalue weighted by molar-refractivity contribution is 7.98. The fourth-order valence-corrected chi connectivity index (χ4v) is 3.28. The van der Waals surface area contributed by atoms with E-state index in [2.05, 4.69) is 53.1 Å². The maximum Gasteiger partial charge on any atom is 0.221 e. The molecule has 24 heavy (non-hydrogen) atoms. The summed E-state index contributed by atoms with van der Waals surface area (Å²) in [6.45, 7) is 8.70. The molecule has 0 saturated carbocycles. The van der Waals surface area contributed by atoms with Crippen LogP contribution in [0.5, 0.6) is 11.6 Å². The predicted molar refractivity (Wildman–Crippen MR) is 101 cm³/mol. The van der Waals surface area contributed by atoms with Gasteiger partial charge < -0.3 is 9.64 Å². The molecule has 1 aliphatic rings. The lowest BCUT2D eigenvalue weighted by molar-refractivity contribution is 0.209. The molecule has 2 aromatic rings. The second kappa shape index (κ2) is 7.90. The molecule has 0 radical (unpaired) electrons. The summed E-state index contributed by atoms with van der Waals surface area (Å²) in [4.78, 5) is 10.8. The van der Waals surface area contributed by atoms with Crippen LogP contribution in [-0.2, 0) is 0 Å². The zero-order valence-electron chi connectivity index (χ0n) is 14.6. The molecule has 1 aromatic heterocycles. The van der Waals surface area contributed by atoms with Crippen molar-refractivity contribution in [3.05, 3.63) is 42.5 Å². The Morgan fingerprint density at radius 3 is 2.33 bits per heavy atom. The number of aromatic nitrogens is 1. The van der Waals surface area contributed by atoms with Crippen LogP contribution in [0.4, 0.5) is 5.82 Å². The highest BCUT2D eigenvalue weighted by Gasteiger charge is 2.19. The molecule has 4 nitrogen and oxygen atoms in total. The van der Waals surface area contributed by atoms with E-state index >= 15 is 0 Å². The van der Waals surface area contributed by atoms with E-state index in [-0.39, 0.29) is 0 Å². The summed E-state index contributed by atoms with van der Waals surface area (Å²) in [5.41, 5.74) is 0. The Morgan fingerprint density at radius 2 is 1.71 bits per heavy atom. The quantitative estimate of drug-likeness (QED) is 0.762. The van der Waals surface area contributed by atoms with E-state index in [9.17, 15) is 0 Å². The first-order valence-corrected chi connectivity index (χ1v) is 9.66. The summed E-state index contributed by atoms with van der Waals surface area (Å²) >= 11 is 1.73. The second-order valence-electron chi connectivity index (χ2n) is 6.23. The van der Waals surface area contributed by atoms with E-state index in [0.717, 1.165) is 37.7 Å². The van der Waals surface area contributed by atoms with Crippen molar-refractivity contribution in [1.29, 1.82) is 0 Å². The van der Waals surface area contributed by atoms with Gasteiger partial charge in [-0.25, -0.2) is 0 Å². The second-order valence-corrected chi connectivity index (χ2v) is 7.11. The predicted octanol–water partition coefficient (Wildman–Crippen LogP) is 4.13. The molecule has 1 aliphatic heterocycles. The lowest BCUT2D eigenvalue weighted by atomic mass is 10.2. The SMILES string of the molecule is CSc1ccc(Oc2cccc(N3CCN(C(C)C)CC3)n2)cc1. The average Bonchev–Trinajstić information content (AvgIpc) is 2.63. The van der Waals surface area contributed by atoms with Crippen molar-refractivity contribution in [3.63, 3.8) is 0 Å². The summed E-state index contributed by atoms with van der Waals surface area (Å²) in [7, 11) is 0. The number of rotatable bonds is 5. The van der Waals surface area contributed by atoms with Gasteiger partial charge in [0, 0.05) is 43.2 Å². The van der Waals surface area contributed by atoms with Gasteiger partial charge in [0.25, 0.3) is 0 Å². The Balaban J connectivity index is 1.65. The van der Waals surface area contributed by atoms with Crippen LogP contribution >= 0.6 is 11.8 Å². The van der Waals surface area contributed by atoms with E-state index in [1.165, 1.54) is 4.90 Å². The molecule has 0 aliphatic carbocycles. The monoisotopic (exact) mass is 343 g/mol. The van der Waals surface area contributed by atoms with Gasteiger partial charge >= 0.3 is 0 Å². The number of anilines is 1. The van der Waals surface area contributed by atoms with Crippen LogP contribution in [0.25, 0.3) is 0 Å². The number of hydrogen-bond donors (Lipinski definition) is 0. The number of ether oxygens (including phenoxy) is 1. The third kappa shape index (κ3) is 4.22. The van der Waals surface area contributed by atoms with Gasteiger partial charge in [-0.15, -0.1) is 11.8 Å². The van der Waals surface area contributed by atoms with Gasteiger partial charge in [0.1, 0.15) is 11.6 Å². The Kier molecular flexibility index (Phi) is 5.63. The molecule has 0 bridgehead atoms. The molecule has 1 saturated heterocycles. The van der Waals surface area contributed by atoms with Gasteiger partial charge in [0.15, 0.2) is 0 Å². The zero-order valence-corrected chi connectivity index (χ0v) is 15.4.